The maximum Gasteiger partial charge on any atom is 0.272 e. The summed E-state index contributed by atoms with van der Waals surface area (Å²) in [5.74, 6) is -0.346. The van der Waals surface area contributed by atoms with Crippen LogP contribution in [0.5, 0.6) is 0 Å². The Morgan fingerprint density at radius 1 is 1.24 bits per heavy atom. The van der Waals surface area contributed by atoms with Gasteiger partial charge in [-0.1, -0.05) is 0 Å². The fourth-order valence-electron chi connectivity index (χ4n) is 2.36. The Hall–Kier alpha value is -2.21. The third-order valence-corrected chi connectivity index (χ3v) is 3.54. The lowest BCUT2D eigenvalue weighted by atomic mass is 10.1. The van der Waals surface area contributed by atoms with Crippen molar-refractivity contribution in [3.8, 4) is 11.3 Å². The van der Waals surface area contributed by atoms with E-state index >= 15 is 0 Å². The quantitative estimate of drug-likeness (QED) is 0.845. The summed E-state index contributed by atoms with van der Waals surface area (Å²) >= 11 is 0. The van der Waals surface area contributed by atoms with Crippen LogP contribution in [0.1, 0.15) is 10.5 Å². The lowest BCUT2D eigenvalue weighted by molar-refractivity contribution is 0.0295. The van der Waals surface area contributed by atoms with Crippen LogP contribution in [-0.4, -0.2) is 46.9 Å². The number of aryl methyl sites for hydroxylation is 1. The van der Waals surface area contributed by atoms with E-state index in [1.165, 1.54) is 12.1 Å². The minimum atomic E-state index is -0.292. The first kappa shape index (κ1) is 13.8. The van der Waals surface area contributed by atoms with Gasteiger partial charge in [-0.05, 0) is 30.3 Å². The second kappa shape index (κ2) is 5.65. The molecule has 21 heavy (non-hydrogen) atoms. The second-order valence-corrected chi connectivity index (χ2v) is 4.95. The molecule has 2 aromatic rings. The molecule has 1 aromatic heterocycles. The predicted molar refractivity (Wildman–Crippen MR) is 75.3 cm³/mol. The topological polar surface area (TPSA) is 47.4 Å². The molecule has 0 bridgehead atoms. The molecule has 5 nitrogen and oxygen atoms in total. The van der Waals surface area contributed by atoms with Gasteiger partial charge >= 0.3 is 0 Å². The van der Waals surface area contributed by atoms with Crippen LogP contribution in [0.4, 0.5) is 4.39 Å². The number of aromatic nitrogens is 2. The maximum atomic E-state index is 13.0. The lowest BCUT2D eigenvalue weighted by Gasteiger charge is -2.26. The molecular formula is C15H16FN3O2. The number of carbonyl (C=O) groups excluding carboxylic acids is 1. The molecule has 110 valence electrons. The van der Waals surface area contributed by atoms with Crippen LogP contribution in [0.3, 0.4) is 0 Å². The van der Waals surface area contributed by atoms with Crippen molar-refractivity contribution in [1.29, 1.82) is 0 Å². The number of benzene rings is 1. The van der Waals surface area contributed by atoms with Crippen molar-refractivity contribution in [1.82, 2.24) is 14.7 Å². The number of ether oxygens (including phenoxy) is 1. The number of halogens is 1. The number of hydrogen-bond acceptors (Lipinski definition) is 3. The number of hydrogen-bond donors (Lipinski definition) is 0. The van der Waals surface area contributed by atoms with Crippen LogP contribution in [-0.2, 0) is 11.8 Å². The van der Waals surface area contributed by atoms with Crippen molar-refractivity contribution in [3.63, 3.8) is 0 Å². The largest absolute Gasteiger partial charge is 0.378 e. The summed E-state index contributed by atoms with van der Waals surface area (Å²) in [6.45, 7) is 2.31. The van der Waals surface area contributed by atoms with Crippen LogP contribution in [0.15, 0.2) is 30.3 Å². The standard InChI is InChI=1S/C15H16FN3O2/c1-18-14(15(20)19-6-8-21-9-7-19)10-13(17-18)11-2-4-12(16)5-3-11/h2-5,10H,6-9H2,1H3. The molecule has 1 saturated heterocycles. The molecule has 0 spiro atoms. The van der Waals surface area contributed by atoms with Gasteiger partial charge in [-0.15, -0.1) is 0 Å². The first-order valence-corrected chi connectivity index (χ1v) is 6.82. The highest BCUT2D eigenvalue weighted by molar-refractivity contribution is 5.93. The number of rotatable bonds is 2. The van der Waals surface area contributed by atoms with E-state index in [0.29, 0.717) is 37.7 Å². The highest BCUT2D eigenvalue weighted by Gasteiger charge is 2.22. The summed E-state index contributed by atoms with van der Waals surface area (Å²) in [6, 6.07) is 7.81. The van der Waals surface area contributed by atoms with Gasteiger partial charge in [-0.3, -0.25) is 9.48 Å². The normalized spacial score (nSPS) is 15.2. The Morgan fingerprint density at radius 3 is 2.57 bits per heavy atom. The smallest absolute Gasteiger partial charge is 0.272 e. The van der Waals surface area contributed by atoms with Crippen molar-refractivity contribution < 1.29 is 13.9 Å². The Labute approximate surface area is 121 Å². The molecule has 1 amide bonds. The first-order valence-electron chi connectivity index (χ1n) is 6.82. The summed E-state index contributed by atoms with van der Waals surface area (Å²) < 4.78 is 19.8. The Morgan fingerprint density at radius 2 is 1.90 bits per heavy atom. The fraction of sp³-hybridized carbons (Fsp3) is 0.333. The number of amides is 1. The highest BCUT2D eigenvalue weighted by Crippen LogP contribution is 2.20. The van der Waals surface area contributed by atoms with Crippen LogP contribution in [0.25, 0.3) is 11.3 Å². The lowest BCUT2D eigenvalue weighted by Crippen LogP contribution is -2.41. The van der Waals surface area contributed by atoms with E-state index < -0.39 is 0 Å². The van der Waals surface area contributed by atoms with Crippen LogP contribution >= 0.6 is 0 Å². The van der Waals surface area contributed by atoms with E-state index in [-0.39, 0.29) is 11.7 Å². The molecule has 1 fully saturated rings. The fourth-order valence-corrected chi connectivity index (χ4v) is 2.36. The van der Waals surface area contributed by atoms with Crippen LogP contribution in [0, 0.1) is 5.82 Å². The Kier molecular flexibility index (Phi) is 3.70. The van der Waals surface area contributed by atoms with Crippen molar-refractivity contribution in [2.24, 2.45) is 7.05 Å². The zero-order chi connectivity index (χ0) is 14.8. The van der Waals surface area contributed by atoms with Gasteiger partial charge < -0.3 is 9.64 Å². The van der Waals surface area contributed by atoms with Gasteiger partial charge in [0.15, 0.2) is 0 Å². The molecule has 0 saturated carbocycles. The summed E-state index contributed by atoms with van der Waals surface area (Å²) in [5, 5.41) is 4.34. The molecule has 0 atom stereocenters. The molecule has 0 unspecified atom stereocenters. The number of nitrogens with zero attached hydrogens (tertiary/aromatic N) is 3. The summed E-state index contributed by atoms with van der Waals surface area (Å²) in [4.78, 5) is 14.2. The van der Waals surface area contributed by atoms with E-state index in [2.05, 4.69) is 5.10 Å². The van der Waals surface area contributed by atoms with E-state index in [0.717, 1.165) is 5.56 Å². The van der Waals surface area contributed by atoms with E-state index in [4.69, 9.17) is 4.74 Å². The van der Waals surface area contributed by atoms with E-state index in [1.54, 1.807) is 34.8 Å². The summed E-state index contributed by atoms with van der Waals surface area (Å²) in [7, 11) is 1.74. The SMILES string of the molecule is Cn1nc(-c2ccc(F)cc2)cc1C(=O)N1CCOCC1. The van der Waals surface area contributed by atoms with E-state index in [1.807, 2.05) is 0 Å². The van der Waals surface area contributed by atoms with Gasteiger partial charge in [-0.2, -0.15) is 5.10 Å². The van der Waals surface area contributed by atoms with Crippen LogP contribution < -0.4 is 0 Å². The average Bonchev–Trinajstić information content (AvgIpc) is 2.90. The summed E-state index contributed by atoms with van der Waals surface area (Å²) in [5.41, 5.74) is 1.97. The molecule has 1 aliphatic heterocycles. The molecule has 2 heterocycles. The monoisotopic (exact) mass is 289 g/mol. The zero-order valence-corrected chi connectivity index (χ0v) is 11.8. The Bertz CT molecular complexity index is 645. The van der Waals surface area contributed by atoms with Crippen molar-refractivity contribution in [2.75, 3.05) is 26.3 Å². The molecule has 0 N–H and O–H groups in total. The van der Waals surface area contributed by atoms with Gasteiger partial charge in [0.25, 0.3) is 5.91 Å². The molecule has 1 aromatic carbocycles. The molecule has 6 heteroatoms. The number of carbonyl (C=O) groups is 1. The predicted octanol–water partition coefficient (Wildman–Crippen LogP) is 1.70. The van der Waals surface area contributed by atoms with Crippen molar-refractivity contribution in [3.05, 3.63) is 41.8 Å². The minimum Gasteiger partial charge on any atom is -0.378 e. The van der Waals surface area contributed by atoms with Crippen molar-refractivity contribution in [2.45, 2.75) is 0 Å². The molecule has 0 radical (unpaired) electrons. The van der Waals surface area contributed by atoms with Gasteiger partial charge in [0.1, 0.15) is 11.5 Å². The number of morpholine rings is 1. The maximum absolute atomic E-state index is 13.0. The summed E-state index contributed by atoms with van der Waals surface area (Å²) in [6.07, 6.45) is 0. The van der Waals surface area contributed by atoms with Gasteiger partial charge in [0.2, 0.25) is 0 Å². The molecule has 3 rings (SSSR count). The van der Waals surface area contributed by atoms with E-state index in [9.17, 15) is 9.18 Å². The molecular weight excluding hydrogens is 273 g/mol. The molecule has 1 aliphatic rings. The minimum absolute atomic E-state index is 0.0540. The molecule has 0 aliphatic carbocycles. The van der Waals surface area contributed by atoms with Crippen molar-refractivity contribution >= 4 is 5.91 Å². The third kappa shape index (κ3) is 2.80. The first-order chi connectivity index (χ1) is 10.1. The van der Waals surface area contributed by atoms with Gasteiger partial charge in [-0.25, -0.2) is 4.39 Å². The third-order valence-electron chi connectivity index (χ3n) is 3.54. The Balaban J connectivity index is 1.87. The highest BCUT2D eigenvalue weighted by atomic mass is 19.1. The van der Waals surface area contributed by atoms with Crippen LogP contribution in [0.2, 0.25) is 0 Å². The second-order valence-electron chi connectivity index (χ2n) is 4.95. The van der Waals surface area contributed by atoms with Gasteiger partial charge in [0, 0.05) is 25.7 Å². The zero-order valence-electron chi connectivity index (χ0n) is 11.8. The van der Waals surface area contributed by atoms with Gasteiger partial charge in [0.05, 0.1) is 18.9 Å². The average molecular weight is 289 g/mol.